The number of aliphatic hydroxyl groups excluding tert-OH is 1. The number of hydrogen-bond donors (Lipinski definition) is 1. The largest absolute Gasteiger partial charge is 0.487 e. The van der Waals surface area contributed by atoms with Crippen molar-refractivity contribution in [3.05, 3.63) is 29.3 Å². The smallest absolute Gasteiger partial charge is 0.125 e. The standard InChI is InChI=1S/C16H22O2/c1-10(2)12-7-16(8-12)9-14(17)13-6-11(3)4-5-15(13)18-16/h4-6,10,12,14,17H,7-9H2,1-3H3/t12?,14-,16?/m1/s1. The Hall–Kier alpha value is -1.02. The molecular formula is C16H22O2. The number of aryl methyl sites for hydroxylation is 1. The van der Waals surface area contributed by atoms with Gasteiger partial charge in [-0.05, 0) is 43.7 Å². The molecule has 1 atom stereocenters. The summed E-state index contributed by atoms with van der Waals surface area (Å²) in [4.78, 5) is 0. The normalized spacial score (nSPS) is 34.1. The van der Waals surface area contributed by atoms with Crippen LogP contribution >= 0.6 is 0 Å². The van der Waals surface area contributed by atoms with Crippen molar-refractivity contribution in [1.82, 2.24) is 0 Å². The molecule has 18 heavy (non-hydrogen) atoms. The van der Waals surface area contributed by atoms with Crippen molar-refractivity contribution in [2.45, 2.75) is 51.7 Å². The van der Waals surface area contributed by atoms with Crippen LogP contribution in [0.3, 0.4) is 0 Å². The summed E-state index contributed by atoms with van der Waals surface area (Å²) in [6.07, 6.45) is 2.58. The van der Waals surface area contributed by atoms with Gasteiger partial charge in [-0.1, -0.05) is 25.5 Å². The summed E-state index contributed by atoms with van der Waals surface area (Å²) >= 11 is 0. The zero-order chi connectivity index (χ0) is 12.9. The molecule has 2 nitrogen and oxygen atoms in total. The predicted octanol–water partition coefficient (Wildman–Crippen LogP) is 3.62. The van der Waals surface area contributed by atoms with Crippen LogP contribution in [0, 0.1) is 18.8 Å². The first kappa shape index (κ1) is 12.0. The highest BCUT2D eigenvalue weighted by Gasteiger charge is 2.51. The third kappa shape index (κ3) is 1.83. The van der Waals surface area contributed by atoms with Gasteiger partial charge in [0.2, 0.25) is 0 Å². The molecule has 3 rings (SSSR count). The Kier molecular flexibility index (Phi) is 2.67. The van der Waals surface area contributed by atoms with Crippen molar-refractivity contribution in [3.8, 4) is 5.75 Å². The lowest BCUT2D eigenvalue weighted by Crippen LogP contribution is -2.53. The third-order valence-electron chi connectivity index (χ3n) is 4.63. The van der Waals surface area contributed by atoms with E-state index in [1.54, 1.807) is 0 Å². The van der Waals surface area contributed by atoms with E-state index in [2.05, 4.69) is 26.8 Å². The van der Waals surface area contributed by atoms with Crippen LogP contribution in [0.2, 0.25) is 0 Å². The van der Waals surface area contributed by atoms with Crippen LogP contribution < -0.4 is 4.74 Å². The highest BCUT2D eigenvalue weighted by atomic mass is 16.5. The summed E-state index contributed by atoms with van der Waals surface area (Å²) in [5, 5.41) is 10.3. The Balaban J connectivity index is 1.83. The SMILES string of the molecule is Cc1ccc2c(c1)[C@H](O)CC1(CC(C(C)C)C1)O2. The molecule has 1 aromatic rings. The zero-order valence-electron chi connectivity index (χ0n) is 11.4. The van der Waals surface area contributed by atoms with E-state index in [1.807, 2.05) is 12.1 Å². The van der Waals surface area contributed by atoms with Gasteiger partial charge in [-0.3, -0.25) is 0 Å². The zero-order valence-corrected chi connectivity index (χ0v) is 11.4. The topological polar surface area (TPSA) is 29.5 Å². The lowest BCUT2D eigenvalue weighted by molar-refractivity contribution is -0.108. The minimum Gasteiger partial charge on any atom is -0.487 e. The number of rotatable bonds is 1. The fraction of sp³-hybridized carbons (Fsp3) is 0.625. The Morgan fingerprint density at radius 1 is 1.28 bits per heavy atom. The lowest BCUT2D eigenvalue weighted by Gasteiger charge is -2.52. The fourth-order valence-electron chi connectivity index (χ4n) is 3.38. The quantitative estimate of drug-likeness (QED) is 0.820. The van der Waals surface area contributed by atoms with Crippen LogP contribution in [0.1, 0.15) is 50.3 Å². The van der Waals surface area contributed by atoms with Crippen LogP contribution in [0.4, 0.5) is 0 Å². The fourth-order valence-corrected chi connectivity index (χ4v) is 3.38. The second-order valence-corrected chi connectivity index (χ2v) is 6.46. The molecule has 0 bridgehead atoms. The predicted molar refractivity (Wildman–Crippen MR) is 71.7 cm³/mol. The monoisotopic (exact) mass is 246 g/mol. The van der Waals surface area contributed by atoms with E-state index in [1.165, 1.54) is 5.56 Å². The summed E-state index contributed by atoms with van der Waals surface area (Å²) in [5.41, 5.74) is 2.06. The van der Waals surface area contributed by atoms with Gasteiger partial charge in [0, 0.05) is 12.0 Å². The molecule has 0 aromatic heterocycles. The first-order valence-corrected chi connectivity index (χ1v) is 6.97. The molecule has 0 radical (unpaired) electrons. The average molecular weight is 246 g/mol. The molecule has 2 heteroatoms. The van der Waals surface area contributed by atoms with Gasteiger partial charge >= 0.3 is 0 Å². The Labute approximate surface area is 109 Å². The minimum absolute atomic E-state index is 0.0867. The van der Waals surface area contributed by atoms with Gasteiger partial charge in [-0.2, -0.15) is 0 Å². The number of ether oxygens (including phenoxy) is 1. The molecule has 0 saturated heterocycles. The molecule has 1 spiro atoms. The average Bonchev–Trinajstić information content (AvgIpc) is 2.26. The maximum atomic E-state index is 10.3. The minimum atomic E-state index is -0.359. The van der Waals surface area contributed by atoms with Gasteiger partial charge in [-0.25, -0.2) is 0 Å². The summed E-state index contributed by atoms with van der Waals surface area (Å²) in [6, 6.07) is 6.12. The van der Waals surface area contributed by atoms with E-state index in [9.17, 15) is 5.11 Å². The lowest BCUT2D eigenvalue weighted by atomic mass is 9.63. The molecule has 2 aliphatic rings. The van der Waals surface area contributed by atoms with Gasteiger partial charge < -0.3 is 9.84 Å². The van der Waals surface area contributed by atoms with Crippen molar-refractivity contribution < 1.29 is 9.84 Å². The van der Waals surface area contributed by atoms with Crippen LogP contribution in [0.25, 0.3) is 0 Å². The van der Waals surface area contributed by atoms with Gasteiger partial charge in [0.25, 0.3) is 0 Å². The van der Waals surface area contributed by atoms with E-state index in [0.717, 1.165) is 42.4 Å². The molecule has 1 N–H and O–H groups in total. The molecule has 0 amide bonds. The molecule has 1 heterocycles. The summed E-state index contributed by atoms with van der Waals surface area (Å²) in [7, 11) is 0. The van der Waals surface area contributed by atoms with Crippen LogP contribution in [0.5, 0.6) is 5.75 Å². The number of hydrogen-bond acceptors (Lipinski definition) is 2. The first-order valence-electron chi connectivity index (χ1n) is 6.97. The number of aliphatic hydroxyl groups is 1. The molecule has 98 valence electrons. The molecule has 1 fully saturated rings. The van der Waals surface area contributed by atoms with Gasteiger partial charge in [0.15, 0.2) is 0 Å². The summed E-state index contributed by atoms with van der Waals surface area (Å²) < 4.78 is 6.20. The van der Waals surface area contributed by atoms with E-state index >= 15 is 0 Å². The maximum Gasteiger partial charge on any atom is 0.125 e. The Bertz CT molecular complexity index is 458. The highest BCUT2D eigenvalue weighted by Crippen LogP contribution is 2.53. The second-order valence-electron chi connectivity index (χ2n) is 6.46. The van der Waals surface area contributed by atoms with Crippen molar-refractivity contribution in [2.24, 2.45) is 11.8 Å². The van der Waals surface area contributed by atoms with Gasteiger partial charge in [0.05, 0.1) is 6.10 Å². The van der Waals surface area contributed by atoms with E-state index in [0.29, 0.717) is 0 Å². The van der Waals surface area contributed by atoms with Crippen LogP contribution in [-0.2, 0) is 0 Å². The van der Waals surface area contributed by atoms with Crippen molar-refractivity contribution in [1.29, 1.82) is 0 Å². The van der Waals surface area contributed by atoms with Crippen molar-refractivity contribution in [2.75, 3.05) is 0 Å². The highest BCUT2D eigenvalue weighted by molar-refractivity contribution is 5.41. The second kappa shape index (κ2) is 3.99. The molecule has 1 saturated carbocycles. The Morgan fingerprint density at radius 2 is 2.00 bits per heavy atom. The van der Waals surface area contributed by atoms with E-state index in [4.69, 9.17) is 4.74 Å². The molecule has 1 aliphatic carbocycles. The number of benzene rings is 1. The number of fused-ring (bicyclic) bond motifs is 1. The molecule has 1 aromatic carbocycles. The van der Waals surface area contributed by atoms with E-state index < -0.39 is 0 Å². The van der Waals surface area contributed by atoms with Crippen molar-refractivity contribution >= 4 is 0 Å². The first-order chi connectivity index (χ1) is 8.49. The summed E-state index contributed by atoms with van der Waals surface area (Å²) in [6.45, 7) is 6.59. The van der Waals surface area contributed by atoms with Crippen molar-refractivity contribution in [3.63, 3.8) is 0 Å². The molecule has 0 unspecified atom stereocenters. The molecule has 1 aliphatic heterocycles. The van der Waals surface area contributed by atoms with E-state index in [-0.39, 0.29) is 11.7 Å². The van der Waals surface area contributed by atoms with Crippen LogP contribution in [-0.4, -0.2) is 10.7 Å². The maximum absolute atomic E-state index is 10.3. The molecular weight excluding hydrogens is 224 g/mol. The Morgan fingerprint density at radius 3 is 2.67 bits per heavy atom. The summed E-state index contributed by atoms with van der Waals surface area (Å²) in [5.74, 6) is 2.36. The van der Waals surface area contributed by atoms with Gasteiger partial charge in [-0.15, -0.1) is 0 Å². The van der Waals surface area contributed by atoms with Crippen LogP contribution in [0.15, 0.2) is 18.2 Å². The third-order valence-corrected chi connectivity index (χ3v) is 4.63. The van der Waals surface area contributed by atoms with Gasteiger partial charge in [0.1, 0.15) is 11.4 Å².